The summed E-state index contributed by atoms with van der Waals surface area (Å²) in [5, 5.41) is 0. The zero-order chi connectivity index (χ0) is 13.9. The van der Waals surface area contributed by atoms with E-state index in [2.05, 4.69) is 39.1 Å². The van der Waals surface area contributed by atoms with Crippen LogP contribution in [0.4, 0.5) is 5.82 Å². The minimum atomic E-state index is 0.254. The highest BCUT2D eigenvalue weighted by Gasteiger charge is 2.26. The van der Waals surface area contributed by atoms with Gasteiger partial charge in [-0.1, -0.05) is 24.3 Å². The number of aromatic nitrogens is 2. The van der Waals surface area contributed by atoms with Crippen LogP contribution in [0.15, 0.2) is 36.7 Å². The predicted octanol–water partition coefficient (Wildman–Crippen LogP) is 1.38. The lowest BCUT2D eigenvalue weighted by molar-refractivity contribution is 0.396. The van der Waals surface area contributed by atoms with Crippen molar-refractivity contribution in [2.45, 2.75) is 19.0 Å². The fourth-order valence-electron chi connectivity index (χ4n) is 2.66. The summed E-state index contributed by atoms with van der Waals surface area (Å²) >= 11 is 0. The van der Waals surface area contributed by atoms with Crippen LogP contribution in [-0.2, 0) is 13.0 Å². The minimum absolute atomic E-state index is 0.254. The highest BCUT2D eigenvalue weighted by atomic mass is 16.5. The molecule has 1 atom stereocenters. The van der Waals surface area contributed by atoms with Gasteiger partial charge in [0.15, 0.2) is 0 Å². The maximum Gasteiger partial charge on any atom is 0.218 e. The first-order valence-corrected chi connectivity index (χ1v) is 6.71. The summed E-state index contributed by atoms with van der Waals surface area (Å²) in [6.07, 6.45) is 2.47. The maximum atomic E-state index is 5.94. The highest BCUT2D eigenvalue weighted by Crippen LogP contribution is 2.27. The fourth-order valence-corrected chi connectivity index (χ4v) is 2.66. The van der Waals surface area contributed by atoms with Crippen molar-refractivity contribution in [3.63, 3.8) is 0 Å². The Morgan fingerprint density at radius 3 is 2.85 bits per heavy atom. The lowest BCUT2D eigenvalue weighted by Gasteiger charge is -2.37. The Kier molecular flexibility index (Phi) is 3.52. The van der Waals surface area contributed by atoms with Crippen LogP contribution in [0.25, 0.3) is 0 Å². The van der Waals surface area contributed by atoms with Gasteiger partial charge in [-0.25, -0.2) is 9.97 Å². The van der Waals surface area contributed by atoms with Crippen molar-refractivity contribution in [2.24, 2.45) is 5.73 Å². The molecule has 0 saturated heterocycles. The van der Waals surface area contributed by atoms with E-state index in [1.165, 1.54) is 17.5 Å². The van der Waals surface area contributed by atoms with Crippen LogP contribution in [0.2, 0.25) is 0 Å². The van der Waals surface area contributed by atoms with Crippen molar-refractivity contribution in [1.82, 2.24) is 9.97 Å². The zero-order valence-corrected chi connectivity index (χ0v) is 11.5. The molecule has 0 aliphatic carbocycles. The Balaban J connectivity index is 1.95. The van der Waals surface area contributed by atoms with E-state index in [9.17, 15) is 0 Å². The number of nitrogens with two attached hydrogens (primary N) is 1. The van der Waals surface area contributed by atoms with Gasteiger partial charge in [-0.05, 0) is 17.5 Å². The molecule has 0 saturated carbocycles. The number of hydrogen-bond donors (Lipinski definition) is 1. The second kappa shape index (κ2) is 5.46. The number of methoxy groups -OCH3 is 1. The summed E-state index contributed by atoms with van der Waals surface area (Å²) in [5.74, 6) is 1.44. The van der Waals surface area contributed by atoms with E-state index < -0.39 is 0 Å². The van der Waals surface area contributed by atoms with Gasteiger partial charge >= 0.3 is 0 Å². The molecule has 1 aromatic heterocycles. The molecule has 2 aromatic rings. The lowest BCUT2D eigenvalue weighted by atomic mass is 9.94. The second-order valence-corrected chi connectivity index (χ2v) is 4.91. The topological polar surface area (TPSA) is 64.3 Å². The minimum Gasteiger partial charge on any atom is -0.481 e. The third-order valence-electron chi connectivity index (χ3n) is 3.76. The third-order valence-corrected chi connectivity index (χ3v) is 3.76. The fraction of sp³-hybridized carbons (Fsp3) is 0.333. The summed E-state index contributed by atoms with van der Waals surface area (Å²) in [4.78, 5) is 10.6. The Morgan fingerprint density at radius 2 is 2.10 bits per heavy atom. The van der Waals surface area contributed by atoms with Crippen molar-refractivity contribution < 1.29 is 4.74 Å². The van der Waals surface area contributed by atoms with Crippen molar-refractivity contribution in [3.8, 4) is 5.88 Å². The van der Waals surface area contributed by atoms with Crippen LogP contribution in [-0.4, -0.2) is 29.7 Å². The van der Waals surface area contributed by atoms with E-state index in [4.69, 9.17) is 10.5 Å². The lowest BCUT2D eigenvalue weighted by Crippen LogP contribution is -2.45. The van der Waals surface area contributed by atoms with E-state index in [0.717, 1.165) is 18.8 Å². The van der Waals surface area contributed by atoms with Crippen LogP contribution < -0.4 is 15.4 Å². The average Bonchev–Trinajstić information content (AvgIpc) is 2.53. The average molecular weight is 270 g/mol. The van der Waals surface area contributed by atoms with E-state index in [1.807, 2.05) is 6.07 Å². The Labute approximate surface area is 118 Å². The Morgan fingerprint density at radius 1 is 1.30 bits per heavy atom. The molecule has 1 aromatic carbocycles. The smallest absolute Gasteiger partial charge is 0.218 e. The largest absolute Gasteiger partial charge is 0.481 e. The summed E-state index contributed by atoms with van der Waals surface area (Å²) in [6.45, 7) is 1.42. The molecular weight excluding hydrogens is 252 g/mol. The van der Waals surface area contributed by atoms with Gasteiger partial charge in [0.25, 0.3) is 0 Å². The first-order valence-electron chi connectivity index (χ1n) is 6.71. The molecule has 0 amide bonds. The van der Waals surface area contributed by atoms with Gasteiger partial charge in [0.05, 0.1) is 7.11 Å². The summed E-state index contributed by atoms with van der Waals surface area (Å²) in [6, 6.07) is 10.6. The monoisotopic (exact) mass is 270 g/mol. The molecule has 0 radical (unpaired) electrons. The normalized spacial score (nSPS) is 17.7. The van der Waals surface area contributed by atoms with Gasteiger partial charge in [-0.15, -0.1) is 0 Å². The highest BCUT2D eigenvalue weighted by molar-refractivity contribution is 5.47. The molecule has 3 rings (SSSR count). The molecule has 1 aliphatic heterocycles. The van der Waals surface area contributed by atoms with Crippen LogP contribution in [0, 0.1) is 0 Å². The van der Waals surface area contributed by atoms with Gasteiger partial charge < -0.3 is 15.4 Å². The van der Waals surface area contributed by atoms with E-state index in [0.29, 0.717) is 12.4 Å². The number of benzene rings is 1. The standard InChI is InChI=1S/C15H18N4O/c1-20-15-7-14(17-10-18-15)19-9-12-5-3-2-4-11(12)6-13(19)8-16/h2-5,7,10,13H,6,8-9,16H2,1H3. The Bertz CT molecular complexity index is 602. The zero-order valence-electron chi connectivity index (χ0n) is 11.5. The van der Waals surface area contributed by atoms with Crippen LogP contribution >= 0.6 is 0 Å². The molecule has 1 unspecified atom stereocenters. The van der Waals surface area contributed by atoms with Crippen LogP contribution in [0.3, 0.4) is 0 Å². The first-order chi connectivity index (χ1) is 9.81. The van der Waals surface area contributed by atoms with Gasteiger partial charge in [0, 0.05) is 25.2 Å². The van der Waals surface area contributed by atoms with E-state index in [-0.39, 0.29) is 6.04 Å². The maximum absolute atomic E-state index is 5.94. The van der Waals surface area contributed by atoms with Crippen LogP contribution in [0.1, 0.15) is 11.1 Å². The second-order valence-electron chi connectivity index (χ2n) is 4.91. The number of hydrogen-bond acceptors (Lipinski definition) is 5. The van der Waals surface area contributed by atoms with E-state index >= 15 is 0 Å². The number of fused-ring (bicyclic) bond motifs is 1. The number of anilines is 1. The third kappa shape index (κ3) is 2.32. The first kappa shape index (κ1) is 12.9. The summed E-state index contributed by atoms with van der Waals surface area (Å²) in [5.41, 5.74) is 8.65. The van der Waals surface area contributed by atoms with Gasteiger partial charge in [-0.3, -0.25) is 0 Å². The summed E-state index contributed by atoms with van der Waals surface area (Å²) < 4.78 is 5.17. The molecule has 2 heterocycles. The number of rotatable bonds is 3. The van der Waals surface area contributed by atoms with Gasteiger partial charge in [-0.2, -0.15) is 0 Å². The van der Waals surface area contributed by atoms with Crippen molar-refractivity contribution in [3.05, 3.63) is 47.8 Å². The van der Waals surface area contributed by atoms with Crippen molar-refractivity contribution in [1.29, 1.82) is 0 Å². The predicted molar refractivity (Wildman–Crippen MR) is 77.8 cm³/mol. The molecule has 5 nitrogen and oxygen atoms in total. The number of ether oxygens (including phenoxy) is 1. The molecule has 0 fully saturated rings. The molecule has 2 N–H and O–H groups in total. The molecular formula is C15H18N4O. The van der Waals surface area contributed by atoms with Gasteiger partial charge in [0.1, 0.15) is 12.1 Å². The van der Waals surface area contributed by atoms with Crippen molar-refractivity contribution >= 4 is 5.82 Å². The molecule has 1 aliphatic rings. The molecule has 0 bridgehead atoms. The Hall–Kier alpha value is -2.14. The van der Waals surface area contributed by atoms with Gasteiger partial charge in [0.2, 0.25) is 5.88 Å². The molecule has 20 heavy (non-hydrogen) atoms. The quantitative estimate of drug-likeness (QED) is 0.912. The SMILES string of the molecule is COc1cc(N2Cc3ccccc3CC2CN)ncn1. The number of nitrogens with zero attached hydrogens (tertiary/aromatic N) is 3. The molecule has 0 spiro atoms. The molecule has 104 valence electrons. The van der Waals surface area contributed by atoms with Crippen LogP contribution in [0.5, 0.6) is 5.88 Å². The molecule has 5 heteroatoms. The van der Waals surface area contributed by atoms with E-state index in [1.54, 1.807) is 7.11 Å². The summed E-state index contributed by atoms with van der Waals surface area (Å²) in [7, 11) is 1.61. The van der Waals surface area contributed by atoms with Crippen molar-refractivity contribution in [2.75, 3.05) is 18.6 Å².